The smallest absolute Gasteiger partial charge is 0.338 e. The molecule has 2 heterocycles. The van der Waals surface area contributed by atoms with Crippen LogP contribution in [0.5, 0.6) is 0 Å². The number of ether oxygens (including phenoxy) is 3. The fourth-order valence-electron chi connectivity index (χ4n) is 4.48. The fraction of sp³-hybridized carbons (Fsp3) is 0.241. The molecule has 0 radical (unpaired) electrons. The topological polar surface area (TPSA) is 117 Å². The predicted octanol–water partition coefficient (Wildman–Crippen LogP) is 4.44. The van der Waals surface area contributed by atoms with Crippen molar-refractivity contribution in [2.75, 3.05) is 6.61 Å². The Morgan fingerprint density at radius 1 is 0.949 bits per heavy atom. The van der Waals surface area contributed by atoms with Crippen molar-refractivity contribution >= 4 is 38.8 Å². The Bertz CT molecular complexity index is 1660. The van der Waals surface area contributed by atoms with Crippen molar-refractivity contribution in [2.45, 2.75) is 38.7 Å². The zero-order chi connectivity index (χ0) is 27.7. The summed E-state index contributed by atoms with van der Waals surface area (Å²) in [7, 11) is 0. The Balaban J connectivity index is 1.43. The molecule has 3 atom stereocenters. The van der Waals surface area contributed by atoms with Gasteiger partial charge in [-0.2, -0.15) is 0 Å². The SMILES string of the molecule is Cc1ccc(C(=O)OC[C@H]2O[C@@H](n3c(=O)[nH]c(=O)c4cc(Br)ccc43)C[C@@H]2OC(=O)c2ccc(C)cc2)cc1. The number of nitrogens with zero attached hydrogens (tertiary/aromatic N) is 1. The highest BCUT2D eigenvalue weighted by molar-refractivity contribution is 9.10. The number of aromatic nitrogens is 2. The quantitative estimate of drug-likeness (QED) is 0.329. The van der Waals surface area contributed by atoms with Crippen LogP contribution >= 0.6 is 15.9 Å². The van der Waals surface area contributed by atoms with Crippen LogP contribution in [0.1, 0.15) is 44.5 Å². The summed E-state index contributed by atoms with van der Waals surface area (Å²) >= 11 is 3.35. The van der Waals surface area contributed by atoms with E-state index in [-0.39, 0.29) is 18.4 Å². The molecule has 4 aromatic rings. The summed E-state index contributed by atoms with van der Waals surface area (Å²) in [5.41, 5.74) is 1.89. The van der Waals surface area contributed by atoms with Gasteiger partial charge in [0.1, 0.15) is 25.0 Å². The van der Waals surface area contributed by atoms with Gasteiger partial charge in [0, 0.05) is 10.9 Å². The second-order valence-electron chi connectivity index (χ2n) is 9.43. The van der Waals surface area contributed by atoms with Crippen molar-refractivity contribution in [1.82, 2.24) is 9.55 Å². The second kappa shape index (κ2) is 11.0. The number of rotatable bonds is 6. The second-order valence-corrected chi connectivity index (χ2v) is 10.3. The van der Waals surface area contributed by atoms with Crippen molar-refractivity contribution in [3.8, 4) is 0 Å². The molecule has 39 heavy (non-hydrogen) atoms. The molecule has 0 aliphatic carbocycles. The summed E-state index contributed by atoms with van der Waals surface area (Å²) in [6.45, 7) is 3.61. The van der Waals surface area contributed by atoms with Gasteiger partial charge in [0.25, 0.3) is 5.56 Å². The normalized spacial score (nSPS) is 18.7. The molecule has 200 valence electrons. The maximum atomic E-state index is 12.9. The van der Waals surface area contributed by atoms with E-state index < -0.39 is 41.6 Å². The summed E-state index contributed by atoms with van der Waals surface area (Å²) in [4.78, 5) is 53.3. The minimum atomic E-state index is -0.892. The number of halogens is 1. The van der Waals surface area contributed by atoms with E-state index in [4.69, 9.17) is 14.2 Å². The number of H-pyrrole nitrogens is 1. The van der Waals surface area contributed by atoms with Crippen LogP contribution in [-0.2, 0) is 14.2 Å². The number of hydrogen-bond acceptors (Lipinski definition) is 7. The molecular weight excluding hydrogens is 568 g/mol. The highest BCUT2D eigenvalue weighted by Gasteiger charge is 2.41. The number of fused-ring (bicyclic) bond motifs is 1. The van der Waals surface area contributed by atoms with Crippen LogP contribution in [0.25, 0.3) is 10.9 Å². The van der Waals surface area contributed by atoms with Crippen LogP contribution in [0.3, 0.4) is 0 Å². The Morgan fingerprint density at radius 3 is 2.21 bits per heavy atom. The van der Waals surface area contributed by atoms with Crippen molar-refractivity contribution in [2.24, 2.45) is 0 Å². The standard InChI is InChI=1S/C29H25BrN2O7/c1-16-3-7-18(8-4-16)27(34)37-15-24-23(39-28(35)19-9-5-17(2)6-10-19)14-25(38-24)32-22-12-11-20(30)13-21(22)26(33)31-29(32)36/h3-13,23-25H,14-15H2,1-2H3,(H,31,33,36)/t23-,24+,25+/m0/s1. The number of aromatic amines is 1. The fourth-order valence-corrected chi connectivity index (χ4v) is 4.84. The zero-order valence-electron chi connectivity index (χ0n) is 21.2. The molecule has 3 aromatic carbocycles. The number of benzene rings is 3. The predicted molar refractivity (Wildman–Crippen MR) is 147 cm³/mol. The van der Waals surface area contributed by atoms with Crippen LogP contribution in [0.15, 0.2) is 80.8 Å². The van der Waals surface area contributed by atoms with Gasteiger partial charge in [-0.1, -0.05) is 51.3 Å². The van der Waals surface area contributed by atoms with Gasteiger partial charge in [-0.25, -0.2) is 14.4 Å². The summed E-state index contributed by atoms with van der Waals surface area (Å²) in [5, 5.41) is 0.287. The lowest BCUT2D eigenvalue weighted by atomic mass is 10.1. The number of nitrogens with one attached hydrogen (secondary N) is 1. The Labute approximate surface area is 231 Å². The van der Waals surface area contributed by atoms with E-state index in [1.54, 1.807) is 66.7 Å². The molecule has 9 nitrogen and oxygen atoms in total. The third-order valence-corrected chi connectivity index (χ3v) is 7.08. The van der Waals surface area contributed by atoms with Gasteiger partial charge in [0.2, 0.25) is 0 Å². The van der Waals surface area contributed by atoms with E-state index in [1.807, 2.05) is 13.8 Å². The van der Waals surface area contributed by atoms with Crippen molar-refractivity contribution < 1.29 is 23.8 Å². The monoisotopic (exact) mass is 592 g/mol. The van der Waals surface area contributed by atoms with Gasteiger partial charge in [-0.3, -0.25) is 14.3 Å². The van der Waals surface area contributed by atoms with Crippen LogP contribution in [0, 0.1) is 13.8 Å². The first kappa shape index (κ1) is 26.6. The molecule has 1 aromatic heterocycles. The third kappa shape index (κ3) is 5.71. The van der Waals surface area contributed by atoms with Crippen LogP contribution in [0.2, 0.25) is 0 Å². The largest absolute Gasteiger partial charge is 0.459 e. The third-order valence-electron chi connectivity index (χ3n) is 6.58. The molecule has 5 rings (SSSR count). The lowest BCUT2D eigenvalue weighted by Crippen LogP contribution is -2.33. The van der Waals surface area contributed by atoms with E-state index in [1.165, 1.54) is 4.57 Å². The van der Waals surface area contributed by atoms with Gasteiger partial charge in [-0.05, 0) is 56.3 Å². The molecule has 1 N–H and O–H groups in total. The number of esters is 2. The molecule has 0 spiro atoms. The first-order valence-electron chi connectivity index (χ1n) is 12.3. The molecule has 0 amide bonds. The van der Waals surface area contributed by atoms with Crippen molar-refractivity contribution in [3.05, 3.63) is 114 Å². The van der Waals surface area contributed by atoms with Crippen LogP contribution < -0.4 is 11.2 Å². The molecule has 1 aliphatic heterocycles. The van der Waals surface area contributed by atoms with Gasteiger partial charge >= 0.3 is 17.6 Å². The number of carbonyl (C=O) groups excluding carboxylic acids is 2. The van der Waals surface area contributed by atoms with Gasteiger partial charge < -0.3 is 14.2 Å². The summed E-state index contributed by atoms with van der Waals surface area (Å²) in [5.74, 6) is -1.12. The average molecular weight is 593 g/mol. The van der Waals surface area contributed by atoms with E-state index in [2.05, 4.69) is 20.9 Å². The average Bonchev–Trinajstić information content (AvgIpc) is 3.30. The molecule has 1 fully saturated rings. The summed E-state index contributed by atoms with van der Waals surface area (Å²) in [6.07, 6.45) is -2.49. The minimum Gasteiger partial charge on any atom is -0.459 e. The highest BCUT2D eigenvalue weighted by atomic mass is 79.9. The molecular formula is C29H25BrN2O7. The maximum absolute atomic E-state index is 12.9. The lowest BCUT2D eigenvalue weighted by molar-refractivity contribution is -0.0571. The zero-order valence-corrected chi connectivity index (χ0v) is 22.8. The summed E-state index contributed by atoms with van der Waals surface area (Å²) < 4.78 is 19.5. The maximum Gasteiger partial charge on any atom is 0.338 e. The molecule has 10 heteroatoms. The van der Waals surface area contributed by atoms with Crippen LogP contribution in [-0.4, -0.2) is 40.3 Å². The van der Waals surface area contributed by atoms with Gasteiger partial charge in [-0.15, -0.1) is 0 Å². The molecule has 0 unspecified atom stereocenters. The number of hydrogen-bond donors (Lipinski definition) is 1. The van der Waals surface area contributed by atoms with E-state index in [0.29, 0.717) is 21.1 Å². The van der Waals surface area contributed by atoms with Crippen molar-refractivity contribution in [3.63, 3.8) is 0 Å². The van der Waals surface area contributed by atoms with Gasteiger partial charge in [0.05, 0.1) is 22.0 Å². The summed E-state index contributed by atoms with van der Waals surface area (Å²) in [6, 6.07) is 18.8. The van der Waals surface area contributed by atoms with Crippen molar-refractivity contribution in [1.29, 1.82) is 0 Å². The number of carbonyl (C=O) groups is 2. The minimum absolute atomic E-state index is 0.0987. The number of aryl methyl sites for hydroxylation is 2. The van der Waals surface area contributed by atoms with E-state index >= 15 is 0 Å². The van der Waals surface area contributed by atoms with Crippen LogP contribution in [0.4, 0.5) is 0 Å². The van der Waals surface area contributed by atoms with E-state index in [9.17, 15) is 19.2 Å². The lowest BCUT2D eigenvalue weighted by Gasteiger charge is -2.19. The first-order chi connectivity index (χ1) is 18.7. The molecule has 0 bridgehead atoms. The Morgan fingerprint density at radius 2 is 1.56 bits per heavy atom. The highest BCUT2D eigenvalue weighted by Crippen LogP contribution is 2.33. The molecule has 1 aliphatic rings. The first-order valence-corrected chi connectivity index (χ1v) is 13.1. The molecule has 0 saturated carbocycles. The van der Waals surface area contributed by atoms with Gasteiger partial charge in [0.15, 0.2) is 0 Å². The Hall–Kier alpha value is -4.02. The molecule has 1 saturated heterocycles. The Kier molecular flexibility index (Phi) is 7.49. The van der Waals surface area contributed by atoms with E-state index in [0.717, 1.165) is 11.1 Å².